The second kappa shape index (κ2) is 5.90. The Morgan fingerprint density at radius 1 is 1.42 bits per heavy atom. The Kier molecular flexibility index (Phi) is 4.04. The minimum absolute atomic E-state index is 0.0909. The van der Waals surface area contributed by atoms with E-state index in [1.54, 1.807) is 0 Å². The summed E-state index contributed by atoms with van der Waals surface area (Å²) < 4.78 is 17.5. The van der Waals surface area contributed by atoms with Gasteiger partial charge in [0.05, 0.1) is 0 Å². The largest absolute Gasteiger partial charge is 0.484 e. The standard InChI is InChI=1S/C20H22O4/c1-6-10-22-18-16-13(8-9-20(4,5)24-16)11-15-12(3)14(7-2)19(21)23-17(15)18/h1,11H,7-10H2,2-5H3. The molecule has 24 heavy (non-hydrogen) atoms. The molecule has 0 saturated carbocycles. The molecule has 0 unspecified atom stereocenters. The number of hydrogen-bond donors (Lipinski definition) is 0. The molecule has 4 nitrogen and oxygen atoms in total. The van der Waals surface area contributed by atoms with Gasteiger partial charge >= 0.3 is 5.63 Å². The maximum atomic E-state index is 12.3. The van der Waals surface area contributed by atoms with E-state index >= 15 is 0 Å². The van der Waals surface area contributed by atoms with Gasteiger partial charge in [-0.2, -0.15) is 0 Å². The van der Waals surface area contributed by atoms with Crippen LogP contribution in [0, 0.1) is 19.3 Å². The molecule has 2 heterocycles. The summed E-state index contributed by atoms with van der Waals surface area (Å²) in [5.41, 5.74) is 2.48. The monoisotopic (exact) mass is 326 g/mol. The van der Waals surface area contributed by atoms with Crippen molar-refractivity contribution in [1.82, 2.24) is 0 Å². The van der Waals surface area contributed by atoms with Crippen LogP contribution in [-0.4, -0.2) is 12.2 Å². The maximum Gasteiger partial charge on any atom is 0.339 e. The average molecular weight is 326 g/mol. The van der Waals surface area contributed by atoms with E-state index < -0.39 is 0 Å². The molecule has 0 saturated heterocycles. The van der Waals surface area contributed by atoms with Gasteiger partial charge in [0, 0.05) is 10.9 Å². The van der Waals surface area contributed by atoms with Gasteiger partial charge in [0.1, 0.15) is 12.2 Å². The summed E-state index contributed by atoms with van der Waals surface area (Å²) in [6, 6.07) is 2.06. The number of hydrogen-bond acceptors (Lipinski definition) is 4. The Labute approximate surface area is 141 Å². The second-order valence-corrected chi connectivity index (χ2v) is 6.77. The third kappa shape index (κ3) is 2.65. The Bertz CT molecular complexity index is 897. The van der Waals surface area contributed by atoms with E-state index in [0.29, 0.717) is 29.1 Å². The summed E-state index contributed by atoms with van der Waals surface area (Å²) in [6.07, 6.45) is 7.77. The SMILES string of the molecule is C#CCOc1c2c(cc3c(C)c(CC)c(=O)oc13)CCC(C)(C)O2. The minimum Gasteiger partial charge on any atom is -0.484 e. The summed E-state index contributed by atoms with van der Waals surface area (Å²) in [5.74, 6) is 3.54. The van der Waals surface area contributed by atoms with Gasteiger partial charge in [-0.3, -0.25) is 0 Å². The quantitative estimate of drug-likeness (QED) is 0.636. The van der Waals surface area contributed by atoms with Crippen LogP contribution in [0.3, 0.4) is 0 Å². The first-order chi connectivity index (χ1) is 11.4. The number of aryl methyl sites for hydroxylation is 2. The van der Waals surface area contributed by atoms with Crippen LogP contribution in [0.2, 0.25) is 0 Å². The van der Waals surface area contributed by atoms with Gasteiger partial charge in [0.25, 0.3) is 0 Å². The van der Waals surface area contributed by atoms with Crippen LogP contribution in [0.25, 0.3) is 11.0 Å². The topological polar surface area (TPSA) is 48.7 Å². The molecule has 1 aliphatic heterocycles. The fourth-order valence-electron chi connectivity index (χ4n) is 3.24. The molecular formula is C20H22O4. The molecule has 1 aromatic carbocycles. The number of rotatable bonds is 3. The summed E-state index contributed by atoms with van der Waals surface area (Å²) >= 11 is 0. The molecular weight excluding hydrogens is 304 g/mol. The average Bonchev–Trinajstić information content (AvgIpc) is 2.52. The Hall–Kier alpha value is -2.41. The van der Waals surface area contributed by atoms with Crippen LogP contribution < -0.4 is 15.1 Å². The normalized spacial score (nSPS) is 15.5. The number of benzene rings is 1. The molecule has 0 amide bonds. The molecule has 126 valence electrons. The van der Waals surface area contributed by atoms with Gasteiger partial charge < -0.3 is 13.9 Å². The lowest BCUT2D eigenvalue weighted by molar-refractivity contribution is 0.0800. The van der Waals surface area contributed by atoms with Crippen molar-refractivity contribution < 1.29 is 13.9 Å². The summed E-state index contributed by atoms with van der Waals surface area (Å²) in [5, 5.41) is 0.889. The Balaban J connectivity index is 2.35. The highest BCUT2D eigenvalue weighted by atomic mass is 16.5. The van der Waals surface area contributed by atoms with E-state index in [-0.39, 0.29) is 17.8 Å². The summed E-state index contributed by atoms with van der Waals surface area (Å²) in [7, 11) is 0. The van der Waals surface area contributed by atoms with Gasteiger partial charge in [0.15, 0.2) is 11.3 Å². The predicted octanol–water partition coefficient (Wildman–Crippen LogP) is 3.78. The predicted molar refractivity (Wildman–Crippen MR) is 94.0 cm³/mol. The van der Waals surface area contributed by atoms with E-state index in [1.165, 1.54) is 0 Å². The molecule has 1 aliphatic rings. The van der Waals surface area contributed by atoms with Gasteiger partial charge in [-0.05, 0) is 57.2 Å². The van der Waals surface area contributed by atoms with Crippen LogP contribution in [-0.2, 0) is 12.8 Å². The fourth-order valence-corrected chi connectivity index (χ4v) is 3.24. The van der Waals surface area contributed by atoms with E-state index in [9.17, 15) is 4.79 Å². The molecule has 1 aromatic heterocycles. The molecule has 0 N–H and O–H groups in total. The smallest absolute Gasteiger partial charge is 0.339 e. The van der Waals surface area contributed by atoms with Crippen molar-refractivity contribution in [2.24, 2.45) is 0 Å². The molecule has 0 aliphatic carbocycles. The molecule has 2 aromatic rings. The van der Waals surface area contributed by atoms with Crippen molar-refractivity contribution >= 4 is 11.0 Å². The van der Waals surface area contributed by atoms with E-state index in [0.717, 1.165) is 29.4 Å². The third-order valence-corrected chi connectivity index (χ3v) is 4.59. The maximum absolute atomic E-state index is 12.3. The number of terminal acetylenes is 1. The van der Waals surface area contributed by atoms with Crippen LogP contribution in [0.5, 0.6) is 11.5 Å². The molecule has 0 radical (unpaired) electrons. The summed E-state index contributed by atoms with van der Waals surface area (Å²) in [4.78, 5) is 12.3. The minimum atomic E-state index is -0.330. The lowest BCUT2D eigenvalue weighted by Crippen LogP contribution is -2.33. The van der Waals surface area contributed by atoms with Gasteiger partial charge in [-0.15, -0.1) is 6.42 Å². The second-order valence-electron chi connectivity index (χ2n) is 6.77. The highest BCUT2D eigenvalue weighted by Crippen LogP contribution is 2.45. The third-order valence-electron chi connectivity index (χ3n) is 4.59. The zero-order valence-corrected chi connectivity index (χ0v) is 14.6. The Morgan fingerprint density at radius 3 is 2.83 bits per heavy atom. The Morgan fingerprint density at radius 2 is 2.17 bits per heavy atom. The van der Waals surface area contributed by atoms with Crippen molar-refractivity contribution in [2.75, 3.05) is 6.61 Å². The fraction of sp³-hybridized carbons (Fsp3) is 0.450. The van der Waals surface area contributed by atoms with Crippen LogP contribution >= 0.6 is 0 Å². The molecule has 0 spiro atoms. The number of ether oxygens (including phenoxy) is 2. The van der Waals surface area contributed by atoms with Crippen molar-refractivity contribution in [1.29, 1.82) is 0 Å². The molecule has 0 fully saturated rings. The lowest BCUT2D eigenvalue weighted by atomic mass is 9.92. The van der Waals surface area contributed by atoms with Crippen LogP contribution in [0.4, 0.5) is 0 Å². The van der Waals surface area contributed by atoms with E-state index in [1.807, 2.05) is 27.7 Å². The first-order valence-corrected chi connectivity index (χ1v) is 8.25. The van der Waals surface area contributed by atoms with Crippen LogP contribution in [0.1, 0.15) is 43.9 Å². The zero-order chi connectivity index (χ0) is 17.5. The molecule has 0 bridgehead atoms. The van der Waals surface area contributed by atoms with Crippen molar-refractivity contribution in [3.05, 3.63) is 33.2 Å². The number of fused-ring (bicyclic) bond motifs is 2. The van der Waals surface area contributed by atoms with Crippen LogP contribution in [0.15, 0.2) is 15.3 Å². The molecule has 0 atom stereocenters. The van der Waals surface area contributed by atoms with Gasteiger partial charge in [-0.1, -0.05) is 12.8 Å². The first kappa shape index (κ1) is 16.4. The molecule has 3 rings (SSSR count). The van der Waals surface area contributed by atoms with Crippen molar-refractivity contribution in [2.45, 2.75) is 52.6 Å². The van der Waals surface area contributed by atoms with Crippen molar-refractivity contribution in [3.63, 3.8) is 0 Å². The van der Waals surface area contributed by atoms with Crippen molar-refractivity contribution in [3.8, 4) is 23.8 Å². The highest BCUT2D eigenvalue weighted by molar-refractivity contribution is 5.90. The van der Waals surface area contributed by atoms with E-state index in [2.05, 4.69) is 12.0 Å². The van der Waals surface area contributed by atoms with E-state index in [4.69, 9.17) is 20.3 Å². The lowest BCUT2D eigenvalue weighted by Gasteiger charge is -2.33. The highest BCUT2D eigenvalue weighted by Gasteiger charge is 2.31. The van der Waals surface area contributed by atoms with Gasteiger partial charge in [-0.25, -0.2) is 4.79 Å². The van der Waals surface area contributed by atoms with Gasteiger partial charge in [0.2, 0.25) is 5.75 Å². The first-order valence-electron chi connectivity index (χ1n) is 8.25. The zero-order valence-electron chi connectivity index (χ0n) is 14.6. The summed E-state index contributed by atoms with van der Waals surface area (Å²) in [6.45, 7) is 8.06. The molecule has 4 heteroatoms.